The summed E-state index contributed by atoms with van der Waals surface area (Å²) in [5.74, 6) is -1.55. The highest BCUT2D eigenvalue weighted by Gasteiger charge is 2.41. The molecule has 1 N–H and O–H groups in total. The molecule has 2 atom stereocenters. The van der Waals surface area contributed by atoms with E-state index in [4.69, 9.17) is 14.7 Å². The first-order valence-corrected chi connectivity index (χ1v) is 11.9. The Labute approximate surface area is 206 Å². The minimum atomic E-state index is -1.69. The number of rotatable bonds is 8. The lowest BCUT2D eigenvalue weighted by Gasteiger charge is -2.37. The first-order chi connectivity index (χ1) is 16.9. The van der Waals surface area contributed by atoms with Crippen LogP contribution in [0.2, 0.25) is 0 Å². The third-order valence-electron chi connectivity index (χ3n) is 5.71. The van der Waals surface area contributed by atoms with E-state index in [-0.39, 0.29) is 17.4 Å². The van der Waals surface area contributed by atoms with Gasteiger partial charge in [-0.1, -0.05) is 31.2 Å². The maximum Gasteiger partial charge on any atom is 0.177 e. The van der Waals surface area contributed by atoms with Crippen molar-refractivity contribution < 1.29 is 23.4 Å². The fraction of sp³-hybridized carbons (Fsp3) is 0.320. The Morgan fingerprint density at radius 3 is 2.63 bits per heavy atom. The van der Waals surface area contributed by atoms with Crippen LogP contribution in [-0.4, -0.2) is 49.9 Å². The number of benzene rings is 2. The molecule has 0 spiro atoms. The highest BCUT2D eigenvalue weighted by molar-refractivity contribution is 8.00. The molecule has 2 unspecified atom stereocenters. The lowest BCUT2D eigenvalue weighted by atomic mass is 9.90. The summed E-state index contributed by atoms with van der Waals surface area (Å²) in [5, 5.41) is 23.9. The van der Waals surface area contributed by atoms with Crippen LogP contribution in [0, 0.1) is 23.0 Å². The van der Waals surface area contributed by atoms with Crippen molar-refractivity contribution in [3.63, 3.8) is 0 Å². The van der Waals surface area contributed by atoms with Crippen LogP contribution < -0.4 is 0 Å². The first kappa shape index (κ1) is 25.0. The summed E-state index contributed by atoms with van der Waals surface area (Å²) in [6, 6.07) is 12.4. The van der Waals surface area contributed by atoms with E-state index < -0.39 is 28.8 Å². The molecule has 0 amide bonds. The zero-order valence-electron chi connectivity index (χ0n) is 18.9. The molecule has 0 bridgehead atoms. The van der Waals surface area contributed by atoms with Crippen molar-refractivity contribution in [1.82, 2.24) is 14.8 Å². The molecule has 3 aromatic rings. The lowest BCUT2D eigenvalue weighted by Crippen LogP contribution is -2.43. The van der Waals surface area contributed by atoms with Gasteiger partial charge < -0.3 is 14.6 Å². The fourth-order valence-electron chi connectivity index (χ4n) is 3.78. The fourth-order valence-corrected chi connectivity index (χ4v) is 5.10. The number of hydrogen-bond acceptors (Lipinski definition) is 7. The summed E-state index contributed by atoms with van der Waals surface area (Å²) in [7, 11) is 0. The number of aliphatic hydroxyl groups is 1. The van der Waals surface area contributed by atoms with E-state index in [1.165, 1.54) is 35.2 Å². The number of thioether (sulfide) groups is 1. The number of nitrogens with zero attached hydrogens (tertiary/aromatic N) is 4. The number of ether oxygens (including phenoxy) is 2. The zero-order chi connectivity index (χ0) is 24.8. The smallest absolute Gasteiger partial charge is 0.177 e. The minimum absolute atomic E-state index is 0.0183. The van der Waals surface area contributed by atoms with Gasteiger partial charge in [0.25, 0.3) is 0 Å². The van der Waals surface area contributed by atoms with Crippen LogP contribution in [0.25, 0.3) is 6.08 Å². The van der Waals surface area contributed by atoms with Gasteiger partial charge in [0.2, 0.25) is 0 Å². The van der Waals surface area contributed by atoms with E-state index in [0.29, 0.717) is 18.8 Å². The molecular formula is C25H24F2N4O3S. The van der Waals surface area contributed by atoms with Gasteiger partial charge in [-0.3, -0.25) is 0 Å². The molecule has 1 aromatic heterocycles. The molecule has 0 radical (unpaired) electrons. The van der Waals surface area contributed by atoms with Crippen molar-refractivity contribution in [1.29, 1.82) is 5.26 Å². The molecule has 2 heterocycles. The Morgan fingerprint density at radius 2 is 2.00 bits per heavy atom. The monoisotopic (exact) mass is 498 g/mol. The maximum absolute atomic E-state index is 14.7. The van der Waals surface area contributed by atoms with E-state index in [1.807, 2.05) is 18.2 Å². The lowest BCUT2D eigenvalue weighted by molar-refractivity contribution is -0.146. The number of aromatic nitrogens is 3. The maximum atomic E-state index is 14.7. The van der Waals surface area contributed by atoms with Crippen LogP contribution in [0.4, 0.5) is 8.78 Å². The van der Waals surface area contributed by atoms with Crippen LogP contribution in [0.5, 0.6) is 0 Å². The number of nitriles is 1. The van der Waals surface area contributed by atoms with Gasteiger partial charge in [-0.2, -0.15) is 10.4 Å². The van der Waals surface area contributed by atoms with E-state index in [2.05, 4.69) is 16.2 Å². The largest absolute Gasteiger partial charge is 0.382 e. The van der Waals surface area contributed by atoms with Crippen molar-refractivity contribution in [2.24, 2.45) is 0 Å². The quantitative estimate of drug-likeness (QED) is 0.504. The Bertz CT molecular complexity index is 1190. The van der Waals surface area contributed by atoms with Crippen LogP contribution >= 0.6 is 11.8 Å². The highest BCUT2D eigenvalue weighted by atomic mass is 32.2. The Balaban J connectivity index is 1.40. The second-order valence-electron chi connectivity index (χ2n) is 8.17. The van der Waals surface area contributed by atoms with E-state index in [1.54, 1.807) is 25.1 Å². The minimum Gasteiger partial charge on any atom is -0.382 e. The average molecular weight is 499 g/mol. The predicted octanol–water partition coefficient (Wildman–Crippen LogP) is 3.89. The third kappa shape index (κ3) is 6.13. The van der Waals surface area contributed by atoms with Crippen molar-refractivity contribution in [2.75, 3.05) is 13.2 Å². The molecule has 1 aliphatic rings. The molecule has 35 heavy (non-hydrogen) atoms. The normalized spacial score (nSPS) is 20.9. The van der Waals surface area contributed by atoms with Gasteiger partial charge in [0.15, 0.2) is 6.29 Å². The van der Waals surface area contributed by atoms with Crippen molar-refractivity contribution in [2.45, 2.75) is 35.9 Å². The first-order valence-electron chi connectivity index (χ1n) is 10.9. The Kier molecular flexibility index (Phi) is 7.93. The van der Waals surface area contributed by atoms with Gasteiger partial charge in [-0.15, -0.1) is 11.8 Å². The highest BCUT2D eigenvalue weighted by Crippen LogP contribution is 2.38. The summed E-state index contributed by atoms with van der Waals surface area (Å²) in [6.45, 7) is 2.45. The van der Waals surface area contributed by atoms with Gasteiger partial charge >= 0.3 is 0 Å². The molecule has 0 saturated carbocycles. The third-order valence-corrected chi connectivity index (χ3v) is 7.17. The molecule has 7 nitrogen and oxygen atoms in total. The topological polar surface area (TPSA) is 93.2 Å². The SMILES string of the molecule is CC(SC1COC(/C=C/c2ccc(C#N)cc2)OC1)C(O)(Cn1cncn1)c1ccc(F)cc1F. The molecule has 1 saturated heterocycles. The molecule has 0 aliphatic carbocycles. The van der Waals surface area contributed by atoms with Crippen LogP contribution in [-0.2, 0) is 21.6 Å². The standard InChI is InChI=1S/C25H24F2N4O3S/c1-17(25(32,14-31-16-29-15-30-31)22-8-7-20(26)10-23(22)27)35-21-12-33-24(34-13-21)9-6-18-2-4-19(11-28)5-3-18/h2-10,15-17,21,24,32H,12-14H2,1H3/b9-6+. The average Bonchev–Trinajstić information content (AvgIpc) is 3.36. The van der Waals surface area contributed by atoms with E-state index in [9.17, 15) is 13.9 Å². The molecule has 4 rings (SSSR count). The summed E-state index contributed by atoms with van der Waals surface area (Å²) >= 11 is 1.40. The van der Waals surface area contributed by atoms with Gasteiger partial charge in [0.1, 0.15) is 29.9 Å². The van der Waals surface area contributed by atoms with Gasteiger partial charge in [-0.05, 0) is 29.8 Å². The Morgan fingerprint density at radius 1 is 1.26 bits per heavy atom. The van der Waals surface area contributed by atoms with Gasteiger partial charge in [0.05, 0.1) is 36.6 Å². The van der Waals surface area contributed by atoms with Crippen molar-refractivity contribution in [3.05, 3.63) is 89.5 Å². The van der Waals surface area contributed by atoms with Crippen LogP contribution in [0.3, 0.4) is 0 Å². The van der Waals surface area contributed by atoms with Crippen LogP contribution in [0.15, 0.2) is 61.2 Å². The van der Waals surface area contributed by atoms with Gasteiger partial charge in [-0.25, -0.2) is 18.4 Å². The summed E-state index contributed by atoms with van der Waals surface area (Å²) in [5.41, 5.74) is -0.204. The second-order valence-corrected chi connectivity index (χ2v) is 9.82. The summed E-state index contributed by atoms with van der Waals surface area (Å²) in [6.07, 6.45) is 5.88. The zero-order valence-corrected chi connectivity index (χ0v) is 19.7. The van der Waals surface area contributed by atoms with E-state index >= 15 is 0 Å². The van der Waals surface area contributed by atoms with Crippen molar-refractivity contribution in [3.8, 4) is 6.07 Å². The molecule has 1 fully saturated rings. The molecular weight excluding hydrogens is 474 g/mol. The Hall–Kier alpha value is -3.10. The molecule has 1 aliphatic heterocycles. The number of halogens is 2. The van der Waals surface area contributed by atoms with Crippen LogP contribution in [0.1, 0.15) is 23.6 Å². The predicted molar refractivity (Wildman–Crippen MR) is 127 cm³/mol. The number of hydrogen-bond donors (Lipinski definition) is 1. The summed E-state index contributed by atoms with van der Waals surface area (Å²) < 4.78 is 41.3. The molecule has 2 aromatic carbocycles. The molecule has 182 valence electrons. The summed E-state index contributed by atoms with van der Waals surface area (Å²) in [4.78, 5) is 3.89. The molecule has 10 heteroatoms. The second kappa shape index (κ2) is 11.1. The van der Waals surface area contributed by atoms with Crippen molar-refractivity contribution >= 4 is 17.8 Å². The van der Waals surface area contributed by atoms with Gasteiger partial charge in [0, 0.05) is 16.9 Å². The van der Waals surface area contributed by atoms with E-state index in [0.717, 1.165) is 17.7 Å².